The molecule has 19 heavy (non-hydrogen) atoms. The fourth-order valence-electron chi connectivity index (χ4n) is 1.70. The van der Waals surface area contributed by atoms with E-state index in [0.29, 0.717) is 12.4 Å². The summed E-state index contributed by atoms with van der Waals surface area (Å²) in [5.74, 6) is 1.52. The molecule has 1 N–H and O–H groups in total. The standard InChI is InChI=1S/C15H22O3S/c1-11-7-12(2)9-14(8-11)18-5-4-6-19-10-13(3)15(16)17/h7-9,13H,4-6,10H2,1-3H3,(H,16,17). The van der Waals surface area contributed by atoms with E-state index in [0.717, 1.165) is 17.9 Å². The van der Waals surface area contributed by atoms with Gasteiger partial charge in [0.25, 0.3) is 0 Å². The van der Waals surface area contributed by atoms with Gasteiger partial charge in [0, 0.05) is 5.75 Å². The summed E-state index contributed by atoms with van der Waals surface area (Å²) >= 11 is 1.67. The molecule has 0 heterocycles. The summed E-state index contributed by atoms with van der Waals surface area (Å²) in [6, 6.07) is 6.19. The first kappa shape index (κ1) is 15.9. The van der Waals surface area contributed by atoms with E-state index in [9.17, 15) is 4.79 Å². The van der Waals surface area contributed by atoms with Crippen LogP contribution in [0.1, 0.15) is 24.5 Å². The Labute approximate surface area is 119 Å². The van der Waals surface area contributed by atoms with Crippen LogP contribution >= 0.6 is 11.8 Å². The van der Waals surface area contributed by atoms with E-state index in [1.165, 1.54) is 11.1 Å². The van der Waals surface area contributed by atoms with Crippen LogP contribution in [0.2, 0.25) is 0 Å². The van der Waals surface area contributed by atoms with E-state index in [2.05, 4.69) is 19.9 Å². The van der Waals surface area contributed by atoms with Crippen LogP contribution in [0.15, 0.2) is 18.2 Å². The molecule has 0 bridgehead atoms. The van der Waals surface area contributed by atoms with Crippen molar-refractivity contribution in [3.63, 3.8) is 0 Å². The van der Waals surface area contributed by atoms with Crippen molar-refractivity contribution < 1.29 is 14.6 Å². The predicted octanol–water partition coefficient (Wildman–Crippen LogP) is 3.53. The first-order valence-electron chi connectivity index (χ1n) is 6.50. The van der Waals surface area contributed by atoms with Gasteiger partial charge >= 0.3 is 5.97 Å². The minimum absolute atomic E-state index is 0.273. The van der Waals surface area contributed by atoms with Crippen molar-refractivity contribution in [1.29, 1.82) is 0 Å². The molecule has 1 atom stereocenters. The number of rotatable bonds is 8. The predicted molar refractivity (Wildman–Crippen MR) is 80.2 cm³/mol. The molecule has 4 heteroatoms. The third kappa shape index (κ3) is 6.53. The van der Waals surface area contributed by atoms with Gasteiger partial charge in [-0.2, -0.15) is 11.8 Å². The summed E-state index contributed by atoms with van der Waals surface area (Å²) in [6.07, 6.45) is 0.935. The number of aliphatic carboxylic acids is 1. The summed E-state index contributed by atoms with van der Waals surface area (Å²) in [5, 5.41) is 8.75. The largest absolute Gasteiger partial charge is 0.494 e. The quantitative estimate of drug-likeness (QED) is 0.741. The zero-order valence-corrected chi connectivity index (χ0v) is 12.6. The van der Waals surface area contributed by atoms with Gasteiger partial charge in [-0.1, -0.05) is 13.0 Å². The first-order valence-corrected chi connectivity index (χ1v) is 7.66. The summed E-state index contributed by atoms with van der Waals surface area (Å²) in [6.45, 7) is 6.53. The molecule has 1 aromatic carbocycles. The third-order valence-corrected chi connectivity index (χ3v) is 4.00. The minimum Gasteiger partial charge on any atom is -0.494 e. The van der Waals surface area contributed by atoms with Gasteiger partial charge in [0.2, 0.25) is 0 Å². The number of thioether (sulfide) groups is 1. The van der Waals surface area contributed by atoms with Gasteiger partial charge in [0.05, 0.1) is 12.5 Å². The lowest BCUT2D eigenvalue weighted by atomic mass is 10.1. The number of carboxylic acids is 1. The molecule has 0 amide bonds. The number of hydrogen-bond donors (Lipinski definition) is 1. The van der Waals surface area contributed by atoms with Gasteiger partial charge in [-0.05, 0) is 49.3 Å². The Hall–Kier alpha value is -1.16. The maximum absolute atomic E-state index is 10.6. The monoisotopic (exact) mass is 282 g/mol. The van der Waals surface area contributed by atoms with E-state index in [1.54, 1.807) is 18.7 Å². The number of aryl methyl sites for hydroxylation is 2. The molecule has 0 aliphatic rings. The van der Waals surface area contributed by atoms with E-state index < -0.39 is 5.97 Å². The Balaban J connectivity index is 2.15. The van der Waals surface area contributed by atoms with Gasteiger partial charge < -0.3 is 9.84 Å². The fourth-order valence-corrected chi connectivity index (χ4v) is 2.68. The van der Waals surface area contributed by atoms with Crippen LogP contribution < -0.4 is 4.74 Å². The average Bonchev–Trinajstić information content (AvgIpc) is 2.31. The van der Waals surface area contributed by atoms with Crippen LogP contribution in [0.4, 0.5) is 0 Å². The molecule has 106 valence electrons. The molecular weight excluding hydrogens is 260 g/mol. The summed E-state index contributed by atoms with van der Waals surface area (Å²) in [4.78, 5) is 10.6. The summed E-state index contributed by atoms with van der Waals surface area (Å²) in [5.41, 5.74) is 2.42. The Morgan fingerprint density at radius 3 is 2.53 bits per heavy atom. The molecule has 1 aromatic rings. The highest BCUT2D eigenvalue weighted by Gasteiger charge is 2.09. The lowest BCUT2D eigenvalue weighted by molar-refractivity contribution is -0.140. The second-order valence-corrected chi connectivity index (χ2v) is 5.99. The molecule has 0 saturated carbocycles. The molecule has 0 aliphatic heterocycles. The van der Waals surface area contributed by atoms with E-state index in [-0.39, 0.29) is 5.92 Å². The highest BCUT2D eigenvalue weighted by molar-refractivity contribution is 7.99. The van der Waals surface area contributed by atoms with Gasteiger partial charge in [-0.15, -0.1) is 0 Å². The Morgan fingerprint density at radius 2 is 1.95 bits per heavy atom. The van der Waals surface area contributed by atoms with E-state index >= 15 is 0 Å². The molecule has 0 aromatic heterocycles. The van der Waals surface area contributed by atoms with E-state index in [1.807, 2.05) is 12.1 Å². The lowest BCUT2D eigenvalue weighted by Crippen LogP contribution is -2.12. The first-order chi connectivity index (χ1) is 8.99. The van der Waals surface area contributed by atoms with Crippen molar-refractivity contribution in [1.82, 2.24) is 0 Å². The fraction of sp³-hybridized carbons (Fsp3) is 0.533. The maximum Gasteiger partial charge on any atom is 0.307 e. The van der Waals surface area contributed by atoms with Crippen molar-refractivity contribution >= 4 is 17.7 Å². The summed E-state index contributed by atoms with van der Waals surface area (Å²) < 4.78 is 5.69. The number of benzene rings is 1. The van der Waals surface area contributed by atoms with Crippen molar-refractivity contribution in [2.24, 2.45) is 5.92 Å². The zero-order valence-electron chi connectivity index (χ0n) is 11.8. The number of carbonyl (C=O) groups is 1. The van der Waals surface area contributed by atoms with Gasteiger partial charge in [0.15, 0.2) is 0 Å². The molecule has 3 nitrogen and oxygen atoms in total. The van der Waals surface area contributed by atoms with Crippen molar-refractivity contribution in [2.75, 3.05) is 18.1 Å². The van der Waals surface area contributed by atoms with Crippen LogP contribution in [0.25, 0.3) is 0 Å². The summed E-state index contributed by atoms with van der Waals surface area (Å²) in [7, 11) is 0. The molecule has 0 spiro atoms. The van der Waals surface area contributed by atoms with Crippen LogP contribution in [-0.2, 0) is 4.79 Å². The molecule has 0 radical (unpaired) electrons. The average molecular weight is 282 g/mol. The van der Waals surface area contributed by atoms with Crippen molar-refractivity contribution in [3.05, 3.63) is 29.3 Å². The number of carboxylic acid groups (broad SMARTS) is 1. The van der Waals surface area contributed by atoms with E-state index in [4.69, 9.17) is 9.84 Å². The molecule has 1 rings (SSSR count). The molecular formula is C15H22O3S. The maximum atomic E-state index is 10.6. The van der Waals surface area contributed by atoms with Gasteiger partial charge in [0.1, 0.15) is 5.75 Å². The molecule has 0 aliphatic carbocycles. The minimum atomic E-state index is -0.723. The van der Waals surface area contributed by atoms with Crippen LogP contribution in [0.5, 0.6) is 5.75 Å². The highest BCUT2D eigenvalue weighted by Crippen LogP contribution is 2.17. The van der Waals surface area contributed by atoms with Crippen molar-refractivity contribution in [3.8, 4) is 5.75 Å². The Morgan fingerprint density at radius 1 is 1.32 bits per heavy atom. The van der Waals surface area contributed by atoms with Crippen LogP contribution in [0, 0.1) is 19.8 Å². The van der Waals surface area contributed by atoms with Crippen LogP contribution in [-0.4, -0.2) is 29.2 Å². The Kier molecular flexibility index (Phi) is 6.78. The second kappa shape index (κ2) is 8.10. The topological polar surface area (TPSA) is 46.5 Å². The molecule has 1 unspecified atom stereocenters. The van der Waals surface area contributed by atoms with Crippen LogP contribution in [0.3, 0.4) is 0 Å². The zero-order chi connectivity index (χ0) is 14.3. The van der Waals surface area contributed by atoms with Gasteiger partial charge in [-0.3, -0.25) is 4.79 Å². The lowest BCUT2D eigenvalue weighted by Gasteiger charge is -2.09. The van der Waals surface area contributed by atoms with Crippen molar-refractivity contribution in [2.45, 2.75) is 27.2 Å². The number of hydrogen-bond acceptors (Lipinski definition) is 3. The Bertz CT molecular complexity index is 398. The highest BCUT2D eigenvalue weighted by atomic mass is 32.2. The second-order valence-electron chi connectivity index (χ2n) is 4.84. The molecule has 0 fully saturated rings. The third-order valence-electron chi connectivity index (χ3n) is 2.69. The smallest absolute Gasteiger partial charge is 0.307 e. The van der Waals surface area contributed by atoms with Gasteiger partial charge in [-0.25, -0.2) is 0 Å². The number of ether oxygens (including phenoxy) is 1. The molecule has 0 saturated heterocycles. The SMILES string of the molecule is Cc1cc(C)cc(OCCCSCC(C)C(=O)O)c1. The normalized spacial score (nSPS) is 12.2.